The molecule has 1 saturated heterocycles. The Morgan fingerprint density at radius 2 is 2.17 bits per heavy atom. The Hall–Kier alpha value is -2.45. The summed E-state index contributed by atoms with van der Waals surface area (Å²) in [4.78, 5) is 30.9. The number of aliphatic hydroxyl groups excluding tert-OH is 1. The van der Waals surface area contributed by atoms with Gasteiger partial charge in [0.1, 0.15) is 5.82 Å². The van der Waals surface area contributed by atoms with Crippen LogP contribution in [-0.2, 0) is 23.1 Å². The van der Waals surface area contributed by atoms with Gasteiger partial charge in [0.2, 0.25) is 11.8 Å². The lowest BCUT2D eigenvalue weighted by atomic mass is 9.86. The molecule has 2 heterocycles. The third kappa shape index (κ3) is 4.49. The van der Waals surface area contributed by atoms with E-state index in [1.54, 1.807) is 0 Å². The molecule has 8 nitrogen and oxygen atoms in total. The summed E-state index contributed by atoms with van der Waals surface area (Å²) >= 11 is 0. The third-order valence-corrected chi connectivity index (χ3v) is 6.39. The highest BCUT2D eigenvalue weighted by Gasteiger charge is 2.37. The first-order valence-electron chi connectivity index (χ1n) is 10.9. The number of amides is 2. The molecule has 4 rings (SSSR count). The number of carbonyl (C=O) groups is 2. The normalized spacial score (nSPS) is 25.3. The van der Waals surface area contributed by atoms with Crippen molar-refractivity contribution in [3.63, 3.8) is 0 Å². The van der Waals surface area contributed by atoms with Crippen LogP contribution in [0.4, 0.5) is 0 Å². The number of carbonyl (C=O) groups excluding carboxylic acids is 2. The van der Waals surface area contributed by atoms with Crippen LogP contribution < -0.4 is 10.6 Å². The van der Waals surface area contributed by atoms with E-state index in [1.165, 1.54) is 0 Å². The monoisotopic (exact) mass is 413 g/mol. The van der Waals surface area contributed by atoms with E-state index in [-0.39, 0.29) is 23.9 Å². The average Bonchev–Trinajstić information content (AvgIpc) is 3.05. The first kappa shape index (κ1) is 20.8. The molecule has 162 valence electrons. The number of nitrogens with zero attached hydrogens (tertiary/aromatic N) is 3. The summed E-state index contributed by atoms with van der Waals surface area (Å²) < 4.78 is 2.08. The zero-order valence-electron chi connectivity index (χ0n) is 17.5. The van der Waals surface area contributed by atoms with Gasteiger partial charge in [-0.15, -0.1) is 0 Å². The minimum absolute atomic E-state index is 0.00144. The summed E-state index contributed by atoms with van der Waals surface area (Å²) in [5.74, 6) is 0.946. The summed E-state index contributed by atoms with van der Waals surface area (Å²) in [6.07, 6.45) is 3.77. The Labute approximate surface area is 176 Å². The number of aliphatic hydroxyl groups is 1. The van der Waals surface area contributed by atoms with Crippen LogP contribution in [0.2, 0.25) is 0 Å². The molecular weight excluding hydrogens is 382 g/mol. The van der Waals surface area contributed by atoms with Crippen LogP contribution in [-0.4, -0.2) is 69.2 Å². The molecule has 0 bridgehead atoms. The number of para-hydroxylation sites is 2. The molecule has 3 N–H and O–H groups in total. The third-order valence-electron chi connectivity index (χ3n) is 6.39. The summed E-state index contributed by atoms with van der Waals surface area (Å²) in [7, 11) is 2.00. The molecule has 2 aromatic rings. The summed E-state index contributed by atoms with van der Waals surface area (Å²) in [6.45, 7) is 1.67. The molecule has 30 heavy (non-hydrogen) atoms. The lowest BCUT2D eigenvalue weighted by Crippen LogP contribution is -2.60. The van der Waals surface area contributed by atoms with Crippen molar-refractivity contribution in [2.24, 2.45) is 7.05 Å². The van der Waals surface area contributed by atoms with Crippen molar-refractivity contribution in [2.45, 2.75) is 56.7 Å². The molecule has 1 aromatic heterocycles. The van der Waals surface area contributed by atoms with Gasteiger partial charge in [0.25, 0.3) is 0 Å². The fourth-order valence-corrected chi connectivity index (χ4v) is 4.76. The Bertz CT molecular complexity index is 911. The van der Waals surface area contributed by atoms with Gasteiger partial charge in [-0.25, -0.2) is 4.98 Å². The van der Waals surface area contributed by atoms with Gasteiger partial charge in [0.05, 0.1) is 29.7 Å². The van der Waals surface area contributed by atoms with Crippen LogP contribution in [0.5, 0.6) is 0 Å². The smallest absolute Gasteiger partial charge is 0.234 e. The highest BCUT2D eigenvalue weighted by molar-refractivity contribution is 5.79. The Morgan fingerprint density at radius 3 is 2.97 bits per heavy atom. The highest BCUT2D eigenvalue weighted by Crippen LogP contribution is 2.24. The molecule has 8 heteroatoms. The number of hydrogen-bond acceptors (Lipinski definition) is 5. The first-order chi connectivity index (χ1) is 14.5. The molecule has 0 unspecified atom stereocenters. The standard InChI is InChI=1S/C22H31N5O3/c1-26-17-8-3-2-6-15(17)24-19(26)10-5-11-20(28)25-16-7-4-9-18(22(16)30)27-13-12-23-21(29)14-27/h2-3,6,8,16,18,22,30H,4-5,7,9-14H2,1H3,(H,23,29)(H,25,28)/t16-,18-,22-/m1/s1. The van der Waals surface area contributed by atoms with E-state index < -0.39 is 6.10 Å². The van der Waals surface area contributed by atoms with E-state index in [9.17, 15) is 14.7 Å². The fourth-order valence-electron chi connectivity index (χ4n) is 4.76. The quantitative estimate of drug-likeness (QED) is 0.648. The van der Waals surface area contributed by atoms with Crippen LogP contribution in [0.25, 0.3) is 11.0 Å². The van der Waals surface area contributed by atoms with Gasteiger partial charge in [-0.3, -0.25) is 14.5 Å². The van der Waals surface area contributed by atoms with Crippen molar-refractivity contribution in [2.75, 3.05) is 19.6 Å². The lowest BCUT2D eigenvalue weighted by Gasteiger charge is -2.42. The van der Waals surface area contributed by atoms with Gasteiger partial charge in [-0.05, 0) is 37.8 Å². The first-order valence-corrected chi connectivity index (χ1v) is 10.9. The molecule has 2 fully saturated rings. The van der Waals surface area contributed by atoms with Gasteiger partial charge < -0.3 is 20.3 Å². The SMILES string of the molecule is Cn1c(CCCC(=O)N[C@@H]2CCC[C@@H](N3CCNC(=O)C3)[C@@H]2O)nc2ccccc21. The van der Waals surface area contributed by atoms with Crippen molar-refractivity contribution in [1.29, 1.82) is 0 Å². The van der Waals surface area contributed by atoms with Gasteiger partial charge in [0, 0.05) is 39.0 Å². The number of fused-ring (bicyclic) bond motifs is 1. The number of hydrogen-bond donors (Lipinski definition) is 3. The van der Waals surface area contributed by atoms with E-state index in [2.05, 4.69) is 20.2 Å². The second kappa shape index (κ2) is 9.14. The molecule has 1 aliphatic heterocycles. The lowest BCUT2D eigenvalue weighted by molar-refractivity contribution is -0.128. The molecule has 0 radical (unpaired) electrons. The molecule has 0 spiro atoms. The number of aryl methyl sites for hydroxylation is 2. The van der Waals surface area contributed by atoms with Gasteiger partial charge in [-0.2, -0.15) is 0 Å². The molecule has 1 aliphatic carbocycles. The largest absolute Gasteiger partial charge is 0.389 e. The average molecular weight is 414 g/mol. The van der Waals surface area contributed by atoms with Crippen molar-refractivity contribution in [1.82, 2.24) is 25.1 Å². The van der Waals surface area contributed by atoms with Crippen molar-refractivity contribution in [3.05, 3.63) is 30.1 Å². The second-order valence-corrected chi connectivity index (χ2v) is 8.41. The zero-order chi connectivity index (χ0) is 21.1. The number of imidazole rings is 1. The number of nitrogens with one attached hydrogen (secondary N) is 2. The van der Waals surface area contributed by atoms with Crippen molar-refractivity contribution >= 4 is 22.8 Å². The highest BCUT2D eigenvalue weighted by atomic mass is 16.3. The maximum atomic E-state index is 12.5. The molecule has 1 aromatic carbocycles. The van der Waals surface area contributed by atoms with Crippen molar-refractivity contribution < 1.29 is 14.7 Å². The predicted octanol–water partition coefficient (Wildman–Crippen LogP) is 0.726. The number of rotatable bonds is 6. The Morgan fingerprint density at radius 1 is 1.33 bits per heavy atom. The molecule has 2 aliphatic rings. The molecular formula is C22H31N5O3. The van der Waals surface area contributed by atoms with E-state index in [0.717, 1.165) is 49.1 Å². The van der Waals surface area contributed by atoms with Gasteiger partial charge in [0.15, 0.2) is 0 Å². The number of benzene rings is 1. The zero-order valence-corrected chi connectivity index (χ0v) is 17.5. The summed E-state index contributed by atoms with van der Waals surface area (Å²) in [6, 6.07) is 7.70. The minimum Gasteiger partial charge on any atom is -0.389 e. The predicted molar refractivity (Wildman–Crippen MR) is 114 cm³/mol. The van der Waals surface area contributed by atoms with Gasteiger partial charge >= 0.3 is 0 Å². The maximum Gasteiger partial charge on any atom is 0.234 e. The fraction of sp³-hybridized carbons (Fsp3) is 0.591. The van der Waals surface area contributed by atoms with Crippen LogP contribution in [0.15, 0.2) is 24.3 Å². The number of piperazine rings is 1. The van der Waals surface area contributed by atoms with E-state index in [1.807, 2.05) is 36.2 Å². The maximum absolute atomic E-state index is 12.5. The van der Waals surface area contributed by atoms with Crippen LogP contribution in [0, 0.1) is 0 Å². The Balaban J connectivity index is 1.27. The van der Waals surface area contributed by atoms with Gasteiger partial charge in [-0.1, -0.05) is 12.1 Å². The molecule has 2 amide bonds. The van der Waals surface area contributed by atoms with E-state index in [4.69, 9.17) is 0 Å². The summed E-state index contributed by atoms with van der Waals surface area (Å²) in [5, 5.41) is 16.7. The molecule has 1 saturated carbocycles. The van der Waals surface area contributed by atoms with E-state index >= 15 is 0 Å². The van der Waals surface area contributed by atoms with E-state index in [0.29, 0.717) is 25.9 Å². The van der Waals surface area contributed by atoms with Crippen molar-refractivity contribution in [3.8, 4) is 0 Å². The van der Waals surface area contributed by atoms with Crippen LogP contribution in [0.3, 0.4) is 0 Å². The summed E-state index contributed by atoms with van der Waals surface area (Å²) in [5.41, 5.74) is 2.07. The second-order valence-electron chi connectivity index (χ2n) is 8.41. The van der Waals surface area contributed by atoms with Crippen LogP contribution in [0.1, 0.15) is 37.9 Å². The van der Waals surface area contributed by atoms with Crippen LogP contribution >= 0.6 is 0 Å². The number of aromatic nitrogens is 2. The minimum atomic E-state index is -0.645. The Kier molecular flexibility index (Phi) is 6.34. The topological polar surface area (TPSA) is 99.5 Å². The molecule has 3 atom stereocenters.